The minimum absolute atomic E-state index is 0.114. The third kappa shape index (κ3) is 3.25. The summed E-state index contributed by atoms with van der Waals surface area (Å²) in [6, 6.07) is 5.34. The van der Waals surface area contributed by atoms with Gasteiger partial charge in [-0.2, -0.15) is 4.31 Å². The van der Waals surface area contributed by atoms with Crippen molar-refractivity contribution in [2.24, 2.45) is 0 Å². The van der Waals surface area contributed by atoms with Gasteiger partial charge in [0.1, 0.15) is 0 Å². The lowest BCUT2D eigenvalue weighted by molar-refractivity contribution is 0.350. The molecule has 0 aliphatic rings. The van der Waals surface area contributed by atoms with Gasteiger partial charge in [0.25, 0.3) is 0 Å². The lowest BCUT2D eigenvalue weighted by Crippen LogP contribution is -2.36. The third-order valence-electron chi connectivity index (χ3n) is 2.93. The van der Waals surface area contributed by atoms with Gasteiger partial charge in [-0.05, 0) is 31.4 Å². The topological polar surface area (TPSA) is 53.2 Å². The van der Waals surface area contributed by atoms with Crippen LogP contribution in [-0.2, 0) is 22.4 Å². The molecule has 0 spiro atoms. The van der Waals surface area contributed by atoms with E-state index in [1.165, 1.54) is 10.5 Å². The van der Waals surface area contributed by atoms with Crippen molar-refractivity contribution in [2.75, 3.05) is 0 Å². The Labute approximate surface area is 128 Å². The van der Waals surface area contributed by atoms with Crippen LogP contribution < -0.4 is 0 Å². The molecular formula is C13H17ClN2O2S2. The van der Waals surface area contributed by atoms with Gasteiger partial charge in [0.2, 0.25) is 10.0 Å². The van der Waals surface area contributed by atoms with Gasteiger partial charge >= 0.3 is 0 Å². The molecule has 2 rings (SSSR count). The molecule has 0 aliphatic carbocycles. The molecule has 4 nitrogen and oxygen atoms in total. The van der Waals surface area contributed by atoms with Gasteiger partial charge in [-0.1, -0.05) is 6.07 Å². The lowest BCUT2D eigenvalue weighted by atomic mass is 10.4. The smallest absolute Gasteiger partial charge is 0.245 e. The maximum atomic E-state index is 12.7. The number of aromatic nitrogens is 1. The van der Waals surface area contributed by atoms with Gasteiger partial charge in [-0.15, -0.1) is 22.9 Å². The van der Waals surface area contributed by atoms with E-state index >= 15 is 0 Å². The molecule has 0 fully saturated rings. The summed E-state index contributed by atoms with van der Waals surface area (Å²) in [5.41, 5.74) is 0.699. The van der Waals surface area contributed by atoms with E-state index in [2.05, 4.69) is 4.98 Å². The molecule has 0 amide bonds. The Morgan fingerprint density at radius 3 is 2.70 bits per heavy atom. The van der Waals surface area contributed by atoms with Gasteiger partial charge in [0.05, 0.1) is 10.8 Å². The van der Waals surface area contributed by atoms with Crippen LogP contribution in [0.1, 0.15) is 24.4 Å². The summed E-state index contributed by atoms with van der Waals surface area (Å²) < 4.78 is 26.9. The standard InChI is InChI=1S/C13H17ClN2O2S2/c1-10(2)16(9-12-4-3-5-19-12)20(17,18)13-6-11(7-14)15-8-13/h3-6,8,10,15H,7,9H2,1-2H3. The van der Waals surface area contributed by atoms with E-state index in [4.69, 9.17) is 11.6 Å². The first-order chi connectivity index (χ1) is 9.45. The van der Waals surface area contributed by atoms with Crippen molar-refractivity contribution in [2.45, 2.75) is 37.2 Å². The molecule has 0 aromatic carbocycles. The van der Waals surface area contributed by atoms with Crippen molar-refractivity contribution < 1.29 is 8.42 Å². The highest BCUT2D eigenvalue weighted by Crippen LogP contribution is 2.23. The first-order valence-corrected chi connectivity index (χ1v) is 9.08. The SMILES string of the molecule is CC(C)N(Cc1cccs1)S(=O)(=O)c1c[nH]c(CCl)c1. The molecule has 0 unspecified atom stereocenters. The summed E-state index contributed by atoms with van der Waals surface area (Å²) in [5.74, 6) is 0.266. The number of halogens is 1. The number of thiophene rings is 1. The molecule has 1 N–H and O–H groups in total. The van der Waals surface area contributed by atoms with Crippen LogP contribution in [0.4, 0.5) is 0 Å². The minimum atomic E-state index is -3.52. The number of sulfonamides is 1. The first kappa shape index (κ1) is 15.6. The fraction of sp³-hybridized carbons (Fsp3) is 0.385. The fourth-order valence-electron chi connectivity index (χ4n) is 1.88. The first-order valence-electron chi connectivity index (χ1n) is 6.22. The second-order valence-electron chi connectivity index (χ2n) is 4.72. The van der Waals surface area contributed by atoms with Gasteiger partial charge in [-0.25, -0.2) is 8.42 Å². The van der Waals surface area contributed by atoms with Gasteiger partial charge in [0.15, 0.2) is 0 Å². The van der Waals surface area contributed by atoms with Crippen molar-refractivity contribution in [1.29, 1.82) is 0 Å². The van der Waals surface area contributed by atoms with E-state index in [0.717, 1.165) is 4.88 Å². The van der Waals surface area contributed by atoms with Crippen LogP contribution in [0, 0.1) is 0 Å². The molecule has 0 saturated heterocycles. The van der Waals surface area contributed by atoms with Crippen molar-refractivity contribution in [1.82, 2.24) is 9.29 Å². The zero-order valence-corrected chi connectivity index (χ0v) is 13.7. The molecule has 0 radical (unpaired) electrons. The summed E-state index contributed by atoms with van der Waals surface area (Å²) in [7, 11) is -3.52. The van der Waals surface area contributed by atoms with Crippen LogP contribution in [-0.4, -0.2) is 23.7 Å². The van der Waals surface area contributed by atoms with Gasteiger partial charge < -0.3 is 4.98 Å². The molecule has 0 aliphatic heterocycles. The molecule has 2 heterocycles. The molecule has 0 bridgehead atoms. The molecule has 2 aromatic heterocycles. The van der Waals surface area contributed by atoms with E-state index < -0.39 is 10.0 Å². The van der Waals surface area contributed by atoms with E-state index in [0.29, 0.717) is 12.2 Å². The Bertz CT molecular complexity index is 648. The van der Waals surface area contributed by atoms with Crippen molar-refractivity contribution in [3.63, 3.8) is 0 Å². The summed E-state index contributed by atoms with van der Waals surface area (Å²) in [6.07, 6.45) is 1.50. The van der Waals surface area contributed by atoms with Crippen molar-refractivity contribution >= 4 is 33.0 Å². The molecule has 7 heteroatoms. The Morgan fingerprint density at radius 1 is 1.45 bits per heavy atom. The average Bonchev–Trinajstić information content (AvgIpc) is 3.06. The Balaban J connectivity index is 2.32. The highest BCUT2D eigenvalue weighted by molar-refractivity contribution is 7.89. The molecule has 0 saturated carbocycles. The largest absolute Gasteiger partial charge is 0.363 e. The Kier molecular flexibility index (Phi) is 4.90. The number of H-pyrrole nitrogens is 1. The zero-order valence-electron chi connectivity index (χ0n) is 11.3. The van der Waals surface area contributed by atoms with E-state index in [-0.39, 0.29) is 16.8 Å². The monoisotopic (exact) mass is 332 g/mol. The number of nitrogens with zero attached hydrogens (tertiary/aromatic N) is 1. The summed E-state index contributed by atoms with van der Waals surface area (Å²) in [5, 5.41) is 1.95. The molecular weight excluding hydrogens is 316 g/mol. The van der Waals surface area contributed by atoms with Crippen LogP contribution in [0.2, 0.25) is 0 Å². The number of hydrogen-bond acceptors (Lipinski definition) is 3. The van der Waals surface area contributed by atoms with Crippen LogP contribution in [0.3, 0.4) is 0 Å². The Hall–Kier alpha value is -0.820. The second-order valence-corrected chi connectivity index (χ2v) is 7.91. The number of hydrogen-bond donors (Lipinski definition) is 1. The number of aromatic amines is 1. The average molecular weight is 333 g/mol. The molecule has 110 valence electrons. The normalized spacial score (nSPS) is 12.4. The van der Waals surface area contributed by atoms with Crippen LogP contribution in [0.15, 0.2) is 34.7 Å². The quantitative estimate of drug-likeness (QED) is 0.824. The summed E-state index contributed by atoms with van der Waals surface area (Å²) in [6.45, 7) is 4.14. The number of nitrogens with one attached hydrogen (secondary N) is 1. The van der Waals surface area contributed by atoms with E-state index in [1.54, 1.807) is 17.4 Å². The van der Waals surface area contributed by atoms with Crippen LogP contribution in [0.25, 0.3) is 0 Å². The predicted octanol–water partition coefficient (Wildman–Crippen LogP) is 3.41. The summed E-state index contributed by atoms with van der Waals surface area (Å²) >= 11 is 7.26. The third-order valence-corrected chi connectivity index (χ3v) is 6.08. The minimum Gasteiger partial charge on any atom is -0.363 e. The molecule has 2 aromatic rings. The highest BCUT2D eigenvalue weighted by Gasteiger charge is 2.28. The summed E-state index contributed by atoms with van der Waals surface area (Å²) in [4.78, 5) is 4.16. The van der Waals surface area contributed by atoms with Gasteiger partial charge in [0, 0.05) is 29.4 Å². The maximum absolute atomic E-state index is 12.7. The highest BCUT2D eigenvalue weighted by atomic mass is 35.5. The van der Waals surface area contributed by atoms with Gasteiger partial charge in [-0.3, -0.25) is 0 Å². The Morgan fingerprint density at radius 2 is 2.20 bits per heavy atom. The van der Waals surface area contributed by atoms with E-state index in [9.17, 15) is 8.42 Å². The van der Waals surface area contributed by atoms with Crippen LogP contribution in [0.5, 0.6) is 0 Å². The fourth-order valence-corrected chi connectivity index (χ4v) is 4.45. The lowest BCUT2D eigenvalue weighted by Gasteiger charge is -2.24. The van der Waals surface area contributed by atoms with Crippen molar-refractivity contribution in [3.8, 4) is 0 Å². The molecule has 20 heavy (non-hydrogen) atoms. The van der Waals surface area contributed by atoms with Crippen LogP contribution >= 0.6 is 22.9 Å². The second kappa shape index (κ2) is 6.30. The number of rotatable bonds is 6. The maximum Gasteiger partial charge on any atom is 0.245 e. The predicted molar refractivity (Wildman–Crippen MR) is 82.5 cm³/mol. The number of alkyl halides is 1. The molecule has 0 atom stereocenters. The van der Waals surface area contributed by atoms with E-state index in [1.807, 2.05) is 31.4 Å². The van der Waals surface area contributed by atoms with Crippen molar-refractivity contribution in [3.05, 3.63) is 40.3 Å². The zero-order chi connectivity index (χ0) is 14.8.